The molecule has 0 aliphatic carbocycles. The number of aromatic nitrogens is 1. The summed E-state index contributed by atoms with van der Waals surface area (Å²) >= 11 is 0. The maximum Gasteiger partial charge on any atom is 0.161 e. The van der Waals surface area contributed by atoms with Gasteiger partial charge in [-0.25, -0.2) is 0 Å². The normalized spacial score (nSPS) is 11.0. The summed E-state index contributed by atoms with van der Waals surface area (Å²) in [6, 6.07) is 21.5. The van der Waals surface area contributed by atoms with Crippen molar-refractivity contribution in [1.29, 1.82) is 0 Å². The van der Waals surface area contributed by atoms with Crippen LogP contribution in [0.25, 0.3) is 22.2 Å². The molecular weight excluding hydrogens is 428 g/mol. The molecule has 1 aromatic heterocycles. The summed E-state index contributed by atoms with van der Waals surface area (Å²) in [5.74, 6) is 2.47. The van der Waals surface area contributed by atoms with Gasteiger partial charge in [-0.1, -0.05) is 18.2 Å². The maximum atomic E-state index is 9.35. The number of phenolic OH excluding ortho intramolecular Hbond substituents is 1. The topological polar surface area (TPSA) is 64.9 Å². The van der Waals surface area contributed by atoms with Crippen molar-refractivity contribution >= 4 is 10.9 Å². The van der Waals surface area contributed by atoms with Gasteiger partial charge in [-0.05, 0) is 80.0 Å². The van der Waals surface area contributed by atoms with Gasteiger partial charge in [-0.15, -0.1) is 0 Å². The Morgan fingerprint density at radius 3 is 2.41 bits per heavy atom. The predicted octanol–water partition coefficient (Wildman–Crippen LogP) is 5.17. The molecule has 0 aliphatic rings. The lowest BCUT2D eigenvalue weighted by Crippen LogP contribution is -2.20. The van der Waals surface area contributed by atoms with E-state index in [0.717, 1.165) is 48.7 Å². The van der Waals surface area contributed by atoms with Crippen LogP contribution in [-0.4, -0.2) is 43.6 Å². The third-order valence-electron chi connectivity index (χ3n) is 6.02. The summed E-state index contributed by atoms with van der Waals surface area (Å²) in [5, 5.41) is 14.2. The summed E-state index contributed by atoms with van der Waals surface area (Å²) in [6.07, 6.45) is 1.81. The molecule has 0 saturated heterocycles. The third kappa shape index (κ3) is 5.13. The number of hydrogen-bond donors (Lipinski definition) is 2. The molecule has 4 rings (SSSR count). The number of nitrogens with zero attached hydrogens (tertiary/aromatic N) is 1. The van der Waals surface area contributed by atoms with Crippen LogP contribution < -0.4 is 19.5 Å². The van der Waals surface area contributed by atoms with Crippen LogP contribution in [0.5, 0.6) is 23.0 Å². The van der Waals surface area contributed by atoms with Gasteiger partial charge in [-0.2, -0.15) is 0 Å². The van der Waals surface area contributed by atoms with E-state index in [9.17, 15) is 5.11 Å². The Bertz CT molecular complexity index is 1230. The molecule has 0 saturated carbocycles. The van der Waals surface area contributed by atoms with Crippen molar-refractivity contribution in [3.8, 4) is 34.3 Å². The molecule has 0 radical (unpaired) electrons. The molecule has 0 unspecified atom stereocenters. The molecule has 3 aromatic carbocycles. The predicted molar refractivity (Wildman–Crippen MR) is 136 cm³/mol. The summed E-state index contributed by atoms with van der Waals surface area (Å²) < 4.78 is 19.0. The van der Waals surface area contributed by atoms with Crippen LogP contribution in [0.3, 0.4) is 0 Å². The Hall–Kier alpha value is -3.64. The highest BCUT2D eigenvalue weighted by Gasteiger charge is 2.17. The van der Waals surface area contributed by atoms with E-state index in [1.807, 2.05) is 12.1 Å². The van der Waals surface area contributed by atoms with E-state index in [1.165, 1.54) is 22.2 Å². The molecule has 0 atom stereocenters. The quantitative estimate of drug-likeness (QED) is 0.302. The molecular formula is C28H32N2O4. The maximum absolute atomic E-state index is 9.35. The molecule has 0 spiro atoms. The number of ether oxygens (including phenoxy) is 3. The van der Waals surface area contributed by atoms with Crippen LogP contribution in [0.2, 0.25) is 0 Å². The van der Waals surface area contributed by atoms with Crippen molar-refractivity contribution in [1.82, 2.24) is 9.88 Å². The second-order valence-corrected chi connectivity index (χ2v) is 8.17. The fourth-order valence-corrected chi connectivity index (χ4v) is 4.34. The van der Waals surface area contributed by atoms with E-state index in [0.29, 0.717) is 6.61 Å². The van der Waals surface area contributed by atoms with Gasteiger partial charge in [0.05, 0.1) is 26.5 Å². The van der Waals surface area contributed by atoms with Crippen molar-refractivity contribution in [3.63, 3.8) is 0 Å². The number of hydrogen-bond acceptors (Lipinski definition) is 5. The molecule has 1 heterocycles. The number of methoxy groups -OCH3 is 2. The summed E-state index contributed by atoms with van der Waals surface area (Å²) in [5.41, 5.74) is 4.83. The van der Waals surface area contributed by atoms with Crippen LogP contribution in [0.1, 0.15) is 12.0 Å². The number of para-hydroxylation sites is 1. The molecule has 2 N–H and O–H groups in total. The zero-order valence-electron chi connectivity index (χ0n) is 20.0. The van der Waals surface area contributed by atoms with Crippen LogP contribution in [0.4, 0.5) is 0 Å². The van der Waals surface area contributed by atoms with E-state index in [-0.39, 0.29) is 5.75 Å². The van der Waals surface area contributed by atoms with Crippen LogP contribution in [-0.2, 0) is 13.5 Å². The first-order valence-corrected chi connectivity index (χ1v) is 11.5. The number of phenols is 1. The zero-order chi connectivity index (χ0) is 23.9. The first-order valence-electron chi connectivity index (χ1n) is 11.5. The molecule has 34 heavy (non-hydrogen) atoms. The van der Waals surface area contributed by atoms with E-state index in [2.05, 4.69) is 47.3 Å². The highest BCUT2D eigenvalue weighted by atomic mass is 16.5. The molecule has 0 aliphatic heterocycles. The van der Waals surface area contributed by atoms with Crippen molar-refractivity contribution in [3.05, 3.63) is 72.3 Å². The van der Waals surface area contributed by atoms with Gasteiger partial charge in [0.25, 0.3) is 0 Å². The average Bonchev–Trinajstić information content (AvgIpc) is 3.15. The van der Waals surface area contributed by atoms with E-state index in [4.69, 9.17) is 14.2 Å². The SMILES string of the molecule is COc1ccc(-c2c(CCNCCCOc3ccc(O)cc3)c3ccccc3n2C)cc1OC. The minimum atomic E-state index is 0.245. The lowest BCUT2D eigenvalue weighted by Gasteiger charge is -2.13. The van der Waals surface area contributed by atoms with Gasteiger partial charge in [0, 0.05) is 23.5 Å². The van der Waals surface area contributed by atoms with Gasteiger partial charge in [-0.3, -0.25) is 0 Å². The second kappa shape index (κ2) is 11.0. The van der Waals surface area contributed by atoms with Crippen LogP contribution >= 0.6 is 0 Å². The largest absolute Gasteiger partial charge is 0.508 e. The number of aromatic hydroxyl groups is 1. The van der Waals surface area contributed by atoms with Crippen LogP contribution in [0.15, 0.2) is 66.7 Å². The van der Waals surface area contributed by atoms with Crippen LogP contribution in [0, 0.1) is 0 Å². The smallest absolute Gasteiger partial charge is 0.161 e. The molecule has 178 valence electrons. The van der Waals surface area contributed by atoms with E-state index < -0.39 is 0 Å². The first kappa shape index (κ1) is 23.5. The molecule has 0 fully saturated rings. The Morgan fingerprint density at radius 1 is 0.882 bits per heavy atom. The second-order valence-electron chi connectivity index (χ2n) is 8.17. The number of aryl methyl sites for hydroxylation is 1. The minimum Gasteiger partial charge on any atom is -0.508 e. The summed E-state index contributed by atoms with van der Waals surface area (Å²) in [7, 11) is 5.44. The number of nitrogens with one attached hydrogen (secondary N) is 1. The van der Waals surface area contributed by atoms with Crippen molar-refractivity contribution in [2.75, 3.05) is 33.9 Å². The molecule has 6 nitrogen and oxygen atoms in total. The Balaban J connectivity index is 1.43. The van der Waals surface area contributed by atoms with Gasteiger partial charge < -0.3 is 29.2 Å². The fraction of sp³-hybridized carbons (Fsp3) is 0.286. The third-order valence-corrected chi connectivity index (χ3v) is 6.02. The Morgan fingerprint density at radius 2 is 1.65 bits per heavy atom. The van der Waals surface area contributed by atoms with Gasteiger partial charge in [0.15, 0.2) is 11.5 Å². The highest BCUT2D eigenvalue weighted by molar-refractivity contribution is 5.92. The molecule has 0 amide bonds. The molecule has 6 heteroatoms. The zero-order valence-corrected chi connectivity index (χ0v) is 20.0. The molecule has 4 aromatic rings. The fourth-order valence-electron chi connectivity index (χ4n) is 4.34. The van der Waals surface area contributed by atoms with Gasteiger partial charge in [0.2, 0.25) is 0 Å². The lowest BCUT2D eigenvalue weighted by molar-refractivity contribution is 0.308. The van der Waals surface area contributed by atoms with E-state index in [1.54, 1.807) is 38.5 Å². The summed E-state index contributed by atoms with van der Waals surface area (Å²) in [6.45, 7) is 2.37. The number of benzene rings is 3. The van der Waals surface area contributed by atoms with Crippen molar-refractivity contribution in [2.24, 2.45) is 7.05 Å². The monoisotopic (exact) mass is 460 g/mol. The number of fused-ring (bicyclic) bond motifs is 1. The van der Waals surface area contributed by atoms with Gasteiger partial charge in [0.1, 0.15) is 11.5 Å². The minimum absolute atomic E-state index is 0.245. The lowest BCUT2D eigenvalue weighted by atomic mass is 10.0. The molecule has 0 bridgehead atoms. The standard InChI is InChI=1S/C28H32N2O4/c1-30-25-8-5-4-7-23(25)24(28(30)20-9-14-26(32-2)27(19-20)33-3)15-17-29-16-6-18-34-22-12-10-21(31)11-13-22/h4-5,7-14,19,29,31H,6,15-18H2,1-3H3. The Labute approximate surface area is 200 Å². The van der Waals surface area contributed by atoms with Crippen molar-refractivity contribution < 1.29 is 19.3 Å². The Kier molecular flexibility index (Phi) is 7.60. The first-order chi connectivity index (χ1) is 16.6. The summed E-state index contributed by atoms with van der Waals surface area (Å²) in [4.78, 5) is 0. The van der Waals surface area contributed by atoms with Crippen molar-refractivity contribution in [2.45, 2.75) is 12.8 Å². The highest BCUT2D eigenvalue weighted by Crippen LogP contribution is 2.37. The van der Waals surface area contributed by atoms with E-state index >= 15 is 0 Å². The number of rotatable bonds is 11. The van der Waals surface area contributed by atoms with Gasteiger partial charge >= 0.3 is 0 Å². The average molecular weight is 461 g/mol.